The summed E-state index contributed by atoms with van der Waals surface area (Å²) in [4.78, 5) is 32.4. The topological polar surface area (TPSA) is 91.8 Å². The van der Waals surface area contributed by atoms with Gasteiger partial charge in [-0.1, -0.05) is 70.4 Å². The number of aliphatic carboxylic acids is 1. The Morgan fingerprint density at radius 2 is 1.70 bits per heavy atom. The fourth-order valence-corrected chi connectivity index (χ4v) is 6.46. The van der Waals surface area contributed by atoms with E-state index < -0.39 is 47.3 Å². The number of pyridine rings is 1. The molecule has 2 aromatic rings. The molecule has 2 aliphatic rings. The van der Waals surface area contributed by atoms with Gasteiger partial charge in [-0.25, -0.2) is 9.78 Å². The van der Waals surface area contributed by atoms with E-state index in [0.717, 1.165) is 30.9 Å². The molecule has 0 radical (unpaired) electrons. The predicted molar refractivity (Wildman–Crippen MR) is 143 cm³/mol. The number of hydrogen-bond donors (Lipinski definition) is 2. The molecule has 2 heterocycles. The van der Waals surface area contributed by atoms with Crippen molar-refractivity contribution < 1.29 is 32.6 Å². The quantitative estimate of drug-likeness (QED) is 0.441. The van der Waals surface area contributed by atoms with Crippen LogP contribution < -0.4 is 10.1 Å². The normalized spacial score (nSPS) is 24.2. The van der Waals surface area contributed by atoms with E-state index in [1.54, 1.807) is 4.90 Å². The molecule has 218 valence electrons. The van der Waals surface area contributed by atoms with Gasteiger partial charge in [0.2, 0.25) is 5.91 Å². The number of nitrogens with one attached hydrogen (secondary N) is 1. The number of methoxy groups -OCH3 is 1. The van der Waals surface area contributed by atoms with Gasteiger partial charge >= 0.3 is 12.1 Å². The summed E-state index contributed by atoms with van der Waals surface area (Å²) in [7, 11) is 1.36. The number of carboxylic acid groups (broad SMARTS) is 1. The van der Waals surface area contributed by atoms with Crippen molar-refractivity contribution in [1.29, 1.82) is 0 Å². The second-order valence-corrected chi connectivity index (χ2v) is 11.9. The number of likely N-dealkylation sites (tertiary alicyclic amines) is 1. The van der Waals surface area contributed by atoms with E-state index in [0.29, 0.717) is 12.8 Å². The summed E-state index contributed by atoms with van der Waals surface area (Å²) in [5.41, 5.74) is -0.784. The van der Waals surface area contributed by atoms with Crippen LogP contribution in [0.3, 0.4) is 0 Å². The van der Waals surface area contributed by atoms with Crippen LogP contribution in [0.4, 0.5) is 13.2 Å². The molecule has 1 aromatic heterocycles. The summed E-state index contributed by atoms with van der Waals surface area (Å²) >= 11 is 0. The number of aromatic nitrogens is 1. The molecule has 10 heteroatoms. The lowest BCUT2D eigenvalue weighted by Gasteiger charge is -2.36. The van der Waals surface area contributed by atoms with Crippen LogP contribution in [0.2, 0.25) is 0 Å². The Morgan fingerprint density at radius 3 is 2.25 bits per heavy atom. The van der Waals surface area contributed by atoms with Gasteiger partial charge in [-0.3, -0.25) is 4.79 Å². The number of carbonyl (C=O) groups excluding carboxylic acids is 1. The maximum Gasteiger partial charge on any atom is 0.433 e. The van der Waals surface area contributed by atoms with Gasteiger partial charge in [0.05, 0.1) is 18.8 Å². The van der Waals surface area contributed by atoms with E-state index in [-0.39, 0.29) is 29.8 Å². The number of benzene rings is 1. The van der Waals surface area contributed by atoms with E-state index in [2.05, 4.69) is 10.3 Å². The first-order valence-electron chi connectivity index (χ1n) is 13.8. The van der Waals surface area contributed by atoms with Crippen molar-refractivity contribution in [3.63, 3.8) is 0 Å². The molecule has 0 spiro atoms. The largest absolute Gasteiger partial charge is 0.495 e. The molecule has 7 nitrogen and oxygen atoms in total. The van der Waals surface area contributed by atoms with Gasteiger partial charge in [-0.2, -0.15) is 13.2 Å². The van der Waals surface area contributed by atoms with Crippen molar-refractivity contribution in [2.75, 3.05) is 7.11 Å². The van der Waals surface area contributed by atoms with Crippen LogP contribution in [0.1, 0.15) is 75.9 Å². The lowest BCUT2D eigenvalue weighted by molar-refractivity contribution is -0.154. The number of carbonyl (C=O) groups is 2. The summed E-state index contributed by atoms with van der Waals surface area (Å²) in [6, 6.07) is 9.02. The third-order valence-electron chi connectivity index (χ3n) is 8.22. The van der Waals surface area contributed by atoms with E-state index >= 15 is 0 Å². The number of amides is 1. The van der Waals surface area contributed by atoms with Crippen molar-refractivity contribution in [3.05, 3.63) is 59.4 Å². The molecule has 0 bridgehead atoms. The minimum Gasteiger partial charge on any atom is -0.495 e. The first-order valence-corrected chi connectivity index (χ1v) is 13.8. The second-order valence-electron chi connectivity index (χ2n) is 11.9. The first kappa shape index (κ1) is 29.8. The van der Waals surface area contributed by atoms with E-state index in [9.17, 15) is 27.9 Å². The molecule has 1 saturated heterocycles. The molecule has 1 aromatic carbocycles. The average molecular weight is 562 g/mol. The number of nitrogens with zero attached hydrogens (tertiary/aromatic N) is 2. The Hall–Kier alpha value is -3.14. The Labute approximate surface area is 233 Å². The maximum atomic E-state index is 14.1. The van der Waals surface area contributed by atoms with E-state index in [1.807, 2.05) is 51.1 Å². The summed E-state index contributed by atoms with van der Waals surface area (Å²) in [6.45, 7) is 5.69. The van der Waals surface area contributed by atoms with Crippen molar-refractivity contribution in [1.82, 2.24) is 15.2 Å². The first-order chi connectivity index (χ1) is 18.8. The zero-order chi connectivity index (χ0) is 29.2. The highest BCUT2D eigenvalue weighted by atomic mass is 19.4. The standard InChI is InChI=1S/C30H38F3N3O4/c1-29(2,3)23-24(34-17-20-21(40-4)15-16-22(35-20)30(31,32)33)25(18-11-7-5-8-12-18)36(26(23)28(38)39)27(37)19-13-9-6-10-14-19/h5,7-8,11-12,15-16,19,23-26,34H,6,9-10,13-14,17H2,1-4H3,(H,38,39)/t23-,24-,25-,26-/m0/s1. The van der Waals surface area contributed by atoms with E-state index in [1.165, 1.54) is 13.2 Å². The fraction of sp³-hybridized carbons (Fsp3) is 0.567. The Balaban J connectivity index is 1.81. The lowest BCUT2D eigenvalue weighted by atomic mass is 9.72. The highest BCUT2D eigenvalue weighted by Gasteiger charge is 2.58. The highest BCUT2D eigenvalue weighted by Crippen LogP contribution is 2.49. The number of carboxylic acids is 1. The Bertz CT molecular complexity index is 1190. The minimum absolute atomic E-state index is 0.0562. The van der Waals surface area contributed by atoms with Crippen LogP contribution in [0.25, 0.3) is 0 Å². The summed E-state index contributed by atoms with van der Waals surface area (Å²) in [5.74, 6) is -1.89. The Morgan fingerprint density at radius 1 is 1.05 bits per heavy atom. The molecule has 1 saturated carbocycles. The highest BCUT2D eigenvalue weighted by molar-refractivity contribution is 5.87. The molecule has 4 rings (SSSR count). The molecule has 0 unspecified atom stereocenters. The smallest absolute Gasteiger partial charge is 0.433 e. The van der Waals surface area contributed by atoms with Crippen LogP contribution in [-0.4, -0.2) is 46.1 Å². The molecule has 4 atom stereocenters. The van der Waals surface area contributed by atoms with Crippen LogP contribution in [-0.2, 0) is 22.3 Å². The molecule has 1 aliphatic carbocycles. The average Bonchev–Trinajstić information content (AvgIpc) is 3.28. The van der Waals surface area contributed by atoms with Crippen molar-refractivity contribution in [2.24, 2.45) is 17.3 Å². The number of rotatable bonds is 7. The van der Waals surface area contributed by atoms with Gasteiger partial charge < -0.3 is 20.1 Å². The van der Waals surface area contributed by atoms with Crippen molar-refractivity contribution in [3.8, 4) is 5.75 Å². The fourth-order valence-electron chi connectivity index (χ4n) is 6.46. The van der Waals surface area contributed by atoms with Crippen LogP contribution in [0, 0.1) is 17.3 Å². The summed E-state index contributed by atoms with van der Waals surface area (Å²) in [5, 5.41) is 13.9. The molecule has 2 fully saturated rings. The lowest BCUT2D eigenvalue weighted by Crippen LogP contribution is -2.49. The van der Waals surface area contributed by atoms with Crippen molar-refractivity contribution in [2.45, 2.75) is 83.7 Å². The SMILES string of the molecule is COc1ccc(C(F)(F)F)nc1CN[C@H]1[C@H](C(C)(C)C)[C@@H](C(=O)O)N(C(=O)C2CCCCC2)[C@H]1c1ccccc1. The molecule has 1 aliphatic heterocycles. The van der Waals surface area contributed by atoms with Crippen LogP contribution in [0.5, 0.6) is 5.75 Å². The summed E-state index contributed by atoms with van der Waals surface area (Å²) in [6.07, 6.45) is -0.312. The molecule has 2 N–H and O–H groups in total. The predicted octanol–water partition coefficient (Wildman–Crippen LogP) is 5.85. The third kappa shape index (κ3) is 6.11. The minimum atomic E-state index is -4.63. The van der Waals surface area contributed by atoms with Crippen molar-refractivity contribution >= 4 is 11.9 Å². The zero-order valence-corrected chi connectivity index (χ0v) is 23.4. The number of halogens is 3. The van der Waals surface area contributed by atoms with Gasteiger partial charge in [0, 0.05) is 24.4 Å². The third-order valence-corrected chi connectivity index (χ3v) is 8.22. The second kappa shape index (κ2) is 11.8. The Kier molecular flexibility index (Phi) is 8.77. The molecular formula is C30H38F3N3O4. The van der Waals surface area contributed by atoms with E-state index in [4.69, 9.17) is 4.74 Å². The zero-order valence-electron chi connectivity index (χ0n) is 23.4. The van der Waals surface area contributed by atoms with Gasteiger partial charge in [0.15, 0.2) is 0 Å². The maximum absolute atomic E-state index is 14.1. The molecular weight excluding hydrogens is 523 g/mol. The molecule has 40 heavy (non-hydrogen) atoms. The van der Waals surface area contributed by atoms with Crippen LogP contribution in [0.15, 0.2) is 42.5 Å². The van der Waals surface area contributed by atoms with Gasteiger partial charge in [-0.15, -0.1) is 0 Å². The monoisotopic (exact) mass is 561 g/mol. The molecule has 1 amide bonds. The van der Waals surface area contributed by atoms with Crippen LogP contribution >= 0.6 is 0 Å². The number of alkyl halides is 3. The number of ether oxygens (including phenoxy) is 1. The van der Waals surface area contributed by atoms with Gasteiger partial charge in [-0.05, 0) is 36.0 Å². The van der Waals surface area contributed by atoms with Gasteiger partial charge in [0.1, 0.15) is 17.5 Å². The van der Waals surface area contributed by atoms with Gasteiger partial charge in [0.25, 0.3) is 0 Å². The summed E-state index contributed by atoms with van der Waals surface area (Å²) < 4.78 is 45.7. The number of hydrogen-bond acceptors (Lipinski definition) is 5.